The van der Waals surface area contributed by atoms with Crippen LogP contribution >= 0.6 is 0 Å². The predicted octanol–water partition coefficient (Wildman–Crippen LogP) is 1.97. The summed E-state index contributed by atoms with van der Waals surface area (Å²) in [5.74, 6) is 0. The first-order valence-electron chi connectivity index (χ1n) is 5.98. The van der Waals surface area contributed by atoms with E-state index in [0.717, 1.165) is 0 Å². The summed E-state index contributed by atoms with van der Waals surface area (Å²) >= 11 is 0. The van der Waals surface area contributed by atoms with Crippen molar-refractivity contribution in [2.45, 2.75) is 38.8 Å². The highest BCUT2D eigenvalue weighted by molar-refractivity contribution is 6.58. The zero-order chi connectivity index (χ0) is 14.0. The van der Waals surface area contributed by atoms with Crippen molar-refractivity contribution in [3.05, 3.63) is 0 Å². The lowest BCUT2D eigenvalue weighted by molar-refractivity contribution is 0.0506. The predicted molar refractivity (Wildman–Crippen MR) is 63.3 cm³/mol. The minimum absolute atomic E-state index is 0.223. The van der Waals surface area contributed by atoms with Crippen molar-refractivity contribution in [3.8, 4) is 0 Å². The van der Waals surface area contributed by atoms with E-state index in [0.29, 0.717) is 13.0 Å². The lowest BCUT2D eigenvalue weighted by atomic mass is 9.91. The number of alkyl carbamates (subject to hydrolysis) is 1. The first-order valence-corrected chi connectivity index (χ1v) is 5.98. The van der Waals surface area contributed by atoms with Gasteiger partial charge in [0.1, 0.15) is 5.60 Å². The van der Waals surface area contributed by atoms with Crippen molar-refractivity contribution < 1.29 is 22.5 Å². The maximum Gasteiger partial charge on any atom is 0.492 e. The normalized spacial score (nSPS) is 22.0. The second kappa shape index (κ2) is 5.38. The van der Waals surface area contributed by atoms with E-state index in [4.69, 9.17) is 4.74 Å². The zero-order valence-corrected chi connectivity index (χ0v) is 10.9. The molecule has 1 rings (SSSR count). The van der Waals surface area contributed by atoms with Gasteiger partial charge in [0, 0.05) is 12.6 Å². The van der Waals surface area contributed by atoms with Gasteiger partial charge >= 0.3 is 13.1 Å². The van der Waals surface area contributed by atoms with Crippen LogP contribution in [0.1, 0.15) is 27.2 Å². The number of hydrogen-bond acceptors (Lipinski definition) is 3. The van der Waals surface area contributed by atoms with Crippen molar-refractivity contribution in [1.29, 1.82) is 0 Å². The first kappa shape index (κ1) is 15.1. The fourth-order valence-electron chi connectivity index (χ4n) is 1.88. The molecule has 0 aromatic rings. The van der Waals surface area contributed by atoms with Crippen LogP contribution in [-0.4, -0.2) is 49.1 Å². The van der Waals surface area contributed by atoms with Gasteiger partial charge in [0.05, 0.1) is 0 Å². The fourth-order valence-corrected chi connectivity index (χ4v) is 1.88. The summed E-state index contributed by atoms with van der Waals surface area (Å²) in [6, 6.07) is -0.266. The summed E-state index contributed by atoms with van der Waals surface area (Å²) in [7, 11) is 0. The highest BCUT2D eigenvalue weighted by Gasteiger charge is 2.32. The zero-order valence-electron chi connectivity index (χ0n) is 10.9. The van der Waals surface area contributed by atoms with E-state index < -0.39 is 25.1 Å². The van der Waals surface area contributed by atoms with Crippen molar-refractivity contribution in [1.82, 2.24) is 10.2 Å². The van der Waals surface area contributed by atoms with Crippen LogP contribution in [0.5, 0.6) is 0 Å². The van der Waals surface area contributed by atoms with Crippen molar-refractivity contribution in [3.63, 3.8) is 0 Å². The number of rotatable bonds is 3. The van der Waals surface area contributed by atoms with Crippen LogP contribution in [0.3, 0.4) is 0 Å². The number of hydrogen-bond donors (Lipinski definition) is 1. The van der Waals surface area contributed by atoms with Crippen molar-refractivity contribution >= 4 is 13.1 Å². The van der Waals surface area contributed by atoms with Gasteiger partial charge in [-0.05, 0) is 40.2 Å². The summed E-state index contributed by atoms with van der Waals surface area (Å²) in [5, 5.41) is 2.59. The molecule has 0 aliphatic carbocycles. The van der Waals surface area contributed by atoms with Crippen LogP contribution in [0.15, 0.2) is 0 Å². The van der Waals surface area contributed by atoms with Gasteiger partial charge in [-0.1, -0.05) is 0 Å². The Balaban J connectivity index is 2.32. The molecule has 1 unspecified atom stereocenters. The van der Waals surface area contributed by atoms with Crippen LogP contribution in [0.4, 0.5) is 17.7 Å². The van der Waals surface area contributed by atoms with E-state index in [1.54, 1.807) is 20.8 Å². The molecule has 1 N–H and O–H groups in total. The van der Waals surface area contributed by atoms with Crippen LogP contribution in [0.25, 0.3) is 0 Å². The van der Waals surface area contributed by atoms with Crippen molar-refractivity contribution in [2.24, 2.45) is 0 Å². The lowest BCUT2D eigenvalue weighted by Gasteiger charge is -2.24. The van der Waals surface area contributed by atoms with E-state index in [9.17, 15) is 17.7 Å². The Kier molecular flexibility index (Phi) is 4.53. The van der Waals surface area contributed by atoms with Gasteiger partial charge < -0.3 is 27.9 Å². The molecule has 0 radical (unpaired) electrons. The molecule has 18 heavy (non-hydrogen) atoms. The third kappa shape index (κ3) is 6.14. The largest absolute Gasteiger partial charge is 0.492 e. The monoisotopic (exact) mass is 267 g/mol. The van der Waals surface area contributed by atoms with Gasteiger partial charge in [0.2, 0.25) is 0 Å². The molecule has 1 aliphatic rings. The highest BCUT2D eigenvalue weighted by atomic mass is 19.4. The maximum absolute atomic E-state index is 12.2. The number of amides is 1. The third-order valence-electron chi connectivity index (χ3n) is 2.46. The van der Waals surface area contributed by atoms with E-state index in [1.807, 2.05) is 0 Å². The quantitative estimate of drug-likeness (QED) is 0.795. The molecule has 4 nitrogen and oxygen atoms in total. The Morgan fingerprint density at radius 1 is 1.44 bits per heavy atom. The minimum atomic E-state index is -4.80. The molecular weight excluding hydrogens is 248 g/mol. The second-order valence-electron chi connectivity index (χ2n) is 5.60. The summed E-state index contributed by atoms with van der Waals surface area (Å²) in [4.78, 5) is 12.7. The van der Waals surface area contributed by atoms with Gasteiger partial charge in [-0.3, -0.25) is 0 Å². The van der Waals surface area contributed by atoms with E-state index in [1.165, 1.54) is 4.90 Å². The second-order valence-corrected chi connectivity index (χ2v) is 5.60. The van der Waals surface area contributed by atoms with Gasteiger partial charge in [0.25, 0.3) is 0 Å². The fraction of sp³-hybridized carbons (Fsp3) is 0.900. The number of likely N-dealkylation sites (tertiary alicyclic amines) is 1. The maximum atomic E-state index is 12.2. The Hall–Kier alpha value is -0.915. The Bertz CT molecular complexity index is 304. The van der Waals surface area contributed by atoms with E-state index in [-0.39, 0.29) is 12.6 Å². The van der Waals surface area contributed by atoms with Crippen LogP contribution in [0, 0.1) is 0 Å². The first-order chi connectivity index (χ1) is 8.05. The summed E-state index contributed by atoms with van der Waals surface area (Å²) < 4.78 is 41.7. The van der Waals surface area contributed by atoms with Gasteiger partial charge in [-0.15, -0.1) is 0 Å². The number of carbonyl (C=O) groups is 1. The molecule has 1 aliphatic heterocycles. The van der Waals surface area contributed by atoms with Gasteiger partial charge in [0.15, 0.2) is 0 Å². The van der Waals surface area contributed by atoms with Gasteiger partial charge in [-0.25, -0.2) is 4.79 Å². The number of halogens is 3. The molecule has 1 fully saturated rings. The third-order valence-corrected chi connectivity index (χ3v) is 2.46. The summed E-state index contributed by atoms with van der Waals surface area (Å²) in [6.07, 6.45) is -0.926. The van der Waals surface area contributed by atoms with Crippen LogP contribution in [-0.2, 0) is 4.74 Å². The number of nitrogens with one attached hydrogen (secondary N) is 1. The van der Waals surface area contributed by atoms with E-state index in [2.05, 4.69) is 5.32 Å². The van der Waals surface area contributed by atoms with Crippen LogP contribution < -0.4 is 5.32 Å². The summed E-state index contributed by atoms with van der Waals surface area (Å²) in [5.41, 5.74) is -0.600. The Labute approximate surface area is 105 Å². The van der Waals surface area contributed by atoms with Gasteiger partial charge in [-0.2, -0.15) is 0 Å². The van der Waals surface area contributed by atoms with Crippen LogP contribution in [0.2, 0.25) is 0 Å². The number of carbonyl (C=O) groups excluding carboxylic acids is 1. The molecule has 1 atom stereocenters. The standard InChI is InChI=1S/C10H19BF3N2O2/c1-10(2,3)18-9(17)15-8-4-5-16(6-8)7-11(12,13)14/h8H,4-7H2,1-3H3,(H,15,17)/q-1. The molecule has 0 aromatic carbocycles. The number of ether oxygens (including phenoxy) is 1. The lowest BCUT2D eigenvalue weighted by Crippen LogP contribution is -2.42. The van der Waals surface area contributed by atoms with Crippen molar-refractivity contribution in [2.75, 3.05) is 19.5 Å². The minimum Gasteiger partial charge on any atom is -0.448 e. The number of nitrogens with zero attached hydrogens (tertiary/aromatic N) is 1. The Morgan fingerprint density at radius 2 is 2.06 bits per heavy atom. The molecule has 0 saturated carbocycles. The molecular formula is C10H19BF3N2O2-. The topological polar surface area (TPSA) is 41.6 Å². The average Bonchev–Trinajstić information content (AvgIpc) is 2.44. The molecule has 1 saturated heterocycles. The SMILES string of the molecule is CC(C)(C)OC(=O)NC1CCN(C[B-](F)(F)F)C1. The molecule has 106 valence electrons. The molecule has 1 amide bonds. The smallest absolute Gasteiger partial charge is 0.448 e. The summed E-state index contributed by atoms with van der Waals surface area (Å²) in [6.45, 7) is 0.976. The highest BCUT2D eigenvalue weighted by Crippen LogP contribution is 2.16. The molecule has 0 spiro atoms. The molecule has 0 bridgehead atoms. The van der Waals surface area contributed by atoms with E-state index >= 15 is 0 Å². The molecule has 8 heteroatoms. The average molecular weight is 267 g/mol. The molecule has 0 aromatic heterocycles. The Morgan fingerprint density at radius 3 is 2.56 bits per heavy atom. The molecule has 1 heterocycles.